The van der Waals surface area contributed by atoms with Crippen LogP contribution in [0.25, 0.3) is 0 Å². The van der Waals surface area contributed by atoms with E-state index in [0.29, 0.717) is 11.5 Å². The second kappa shape index (κ2) is 3.39. The lowest BCUT2D eigenvalue weighted by atomic mass is 10.0. The minimum absolute atomic E-state index is 0.554. The molecule has 1 fully saturated rings. The Balaban J connectivity index is 1.85. The molecule has 14 heavy (non-hydrogen) atoms. The van der Waals surface area contributed by atoms with Crippen LogP contribution in [-0.2, 0) is 13.6 Å². The van der Waals surface area contributed by atoms with E-state index in [1.54, 1.807) is 0 Å². The summed E-state index contributed by atoms with van der Waals surface area (Å²) in [6.07, 6.45) is 4.58. The van der Waals surface area contributed by atoms with Gasteiger partial charge in [-0.15, -0.1) is 0 Å². The summed E-state index contributed by atoms with van der Waals surface area (Å²) in [4.78, 5) is 0. The highest BCUT2D eigenvalue weighted by molar-refractivity contribution is 5.02. The largest absolute Gasteiger partial charge is 0.308 e. The van der Waals surface area contributed by atoms with Crippen molar-refractivity contribution in [3.05, 3.63) is 18.0 Å². The summed E-state index contributed by atoms with van der Waals surface area (Å²) in [5.41, 5.74) is 1.81. The van der Waals surface area contributed by atoms with Crippen LogP contribution < -0.4 is 5.32 Å². The lowest BCUT2D eigenvalue weighted by Crippen LogP contribution is -2.33. The Hall–Kier alpha value is -0.830. The minimum Gasteiger partial charge on any atom is -0.308 e. The van der Waals surface area contributed by atoms with Gasteiger partial charge in [-0.2, -0.15) is 5.10 Å². The normalized spacial score (nSPS) is 20.8. The van der Waals surface area contributed by atoms with Crippen molar-refractivity contribution in [3.8, 4) is 0 Å². The van der Waals surface area contributed by atoms with E-state index in [2.05, 4.69) is 30.3 Å². The van der Waals surface area contributed by atoms with E-state index in [0.717, 1.165) is 6.54 Å². The molecule has 78 valence electrons. The predicted octanol–water partition coefficient (Wildman–Crippen LogP) is 1.70. The molecule has 1 saturated carbocycles. The van der Waals surface area contributed by atoms with E-state index in [4.69, 9.17) is 0 Å². The van der Waals surface area contributed by atoms with Crippen LogP contribution in [-0.4, -0.2) is 15.8 Å². The number of hydrogen-bond donors (Lipinski definition) is 1. The molecule has 1 aliphatic carbocycles. The molecule has 1 aromatic heterocycles. The van der Waals surface area contributed by atoms with E-state index >= 15 is 0 Å². The molecule has 1 unspecified atom stereocenters. The Kier molecular flexibility index (Phi) is 2.35. The number of aryl methyl sites for hydroxylation is 1. The maximum atomic E-state index is 4.15. The molecule has 3 nitrogen and oxygen atoms in total. The fourth-order valence-electron chi connectivity index (χ4n) is 1.71. The van der Waals surface area contributed by atoms with Gasteiger partial charge in [-0.25, -0.2) is 0 Å². The van der Waals surface area contributed by atoms with Crippen LogP contribution in [0.4, 0.5) is 0 Å². The Labute approximate surface area is 85.5 Å². The first-order valence-electron chi connectivity index (χ1n) is 5.32. The van der Waals surface area contributed by atoms with Gasteiger partial charge in [0.25, 0.3) is 0 Å². The summed E-state index contributed by atoms with van der Waals surface area (Å²) in [5, 5.41) is 7.72. The van der Waals surface area contributed by atoms with Crippen LogP contribution in [0.1, 0.15) is 32.4 Å². The Morgan fingerprint density at radius 1 is 1.64 bits per heavy atom. The molecule has 1 heterocycles. The van der Waals surface area contributed by atoms with Gasteiger partial charge in [0.05, 0.1) is 5.69 Å². The van der Waals surface area contributed by atoms with Gasteiger partial charge in [0, 0.05) is 25.8 Å². The van der Waals surface area contributed by atoms with Crippen LogP contribution in [0.2, 0.25) is 0 Å². The van der Waals surface area contributed by atoms with Gasteiger partial charge >= 0.3 is 0 Å². The zero-order valence-electron chi connectivity index (χ0n) is 9.25. The van der Waals surface area contributed by atoms with Crippen LogP contribution in [0.5, 0.6) is 0 Å². The summed E-state index contributed by atoms with van der Waals surface area (Å²) in [6, 6.07) is 2.67. The molecule has 0 aliphatic heterocycles. The fourth-order valence-corrected chi connectivity index (χ4v) is 1.71. The predicted molar refractivity (Wildman–Crippen MR) is 56.9 cm³/mol. The molecule has 0 saturated heterocycles. The first-order chi connectivity index (χ1) is 6.62. The Morgan fingerprint density at radius 2 is 2.36 bits per heavy atom. The van der Waals surface area contributed by atoms with Gasteiger partial charge in [0.15, 0.2) is 0 Å². The second-order valence-electron chi connectivity index (χ2n) is 4.70. The number of nitrogens with zero attached hydrogens (tertiary/aromatic N) is 2. The van der Waals surface area contributed by atoms with Crippen LogP contribution in [0.3, 0.4) is 0 Å². The molecule has 2 rings (SSSR count). The number of rotatable bonds is 4. The Morgan fingerprint density at radius 3 is 2.86 bits per heavy atom. The van der Waals surface area contributed by atoms with E-state index in [1.807, 2.05) is 17.9 Å². The standard InChI is InChI=1S/C11H19N3/c1-9(11(2)5-6-11)12-8-10-4-7-13-14(10)3/h4,7,9,12H,5-6,8H2,1-3H3. The average Bonchev–Trinajstić information content (AvgIpc) is 2.77. The van der Waals surface area contributed by atoms with Crippen molar-refractivity contribution in [2.45, 2.75) is 39.3 Å². The third-order valence-electron chi connectivity index (χ3n) is 3.60. The second-order valence-corrected chi connectivity index (χ2v) is 4.70. The molecule has 0 bridgehead atoms. The molecule has 3 heteroatoms. The minimum atomic E-state index is 0.554. The highest BCUT2D eigenvalue weighted by Crippen LogP contribution is 2.47. The maximum absolute atomic E-state index is 4.15. The number of aromatic nitrogens is 2. The monoisotopic (exact) mass is 193 g/mol. The molecule has 1 atom stereocenters. The van der Waals surface area contributed by atoms with Crippen molar-refractivity contribution in [1.82, 2.24) is 15.1 Å². The molecular weight excluding hydrogens is 174 g/mol. The number of nitrogens with one attached hydrogen (secondary N) is 1. The first-order valence-corrected chi connectivity index (χ1v) is 5.32. The topological polar surface area (TPSA) is 29.9 Å². The molecular formula is C11H19N3. The molecule has 0 spiro atoms. The Bertz CT molecular complexity index is 312. The molecule has 1 N–H and O–H groups in total. The van der Waals surface area contributed by atoms with Crippen LogP contribution in [0, 0.1) is 5.41 Å². The summed E-state index contributed by atoms with van der Waals surface area (Å²) >= 11 is 0. The third kappa shape index (κ3) is 1.82. The molecule has 0 aromatic carbocycles. The smallest absolute Gasteiger partial charge is 0.0518 e. The lowest BCUT2D eigenvalue weighted by Gasteiger charge is -2.20. The van der Waals surface area contributed by atoms with E-state index in [-0.39, 0.29) is 0 Å². The van der Waals surface area contributed by atoms with Crippen LogP contribution in [0.15, 0.2) is 12.3 Å². The number of hydrogen-bond acceptors (Lipinski definition) is 2. The van der Waals surface area contributed by atoms with Gasteiger partial charge in [0.1, 0.15) is 0 Å². The van der Waals surface area contributed by atoms with E-state index in [9.17, 15) is 0 Å². The van der Waals surface area contributed by atoms with Crippen molar-refractivity contribution in [2.75, 3.05) is 0 Å². The van der Waals surface area contributed by atoms with Crippen molar-refractivity contribution in [3.63, 3.8) is 0 Å². The SMILES string of the molecule is CC(NCc1ccnn1C)C1(C)CC1. The summed E-state index contributed by atoms with van der Waals surface area (Å²) in [7, 11) is 1.99. The van der Waals surface area contributed by atoms with Crippen molar-refractivity contribution < 1.29 is 0 Å². The van der Waals surface area contributed by atoms with Crippen molar-refractivity contribution in [2.24, 2.45) is 12.5 Å². The van der Waals surface area contributed by atoms with Crippen LogP contribution >= 0.6 is 0 Å². The fraction of sp³-hybridized carbons (Fsp3) is 0.727. The zero-order valence-corrected chi connectivity index (χ0v) is 9.25. The van der Waals surface area contributed by atoms with Gasteiger partial charge in [-0.3, -0.25) is 4.68 Å². The lowest BCUT2D eigenvalue weighted by molar-refractivity contribution is 0.375. The average molecular weight is 193 g/mol. The molecule has 1 aliphatic rings. The summed E-state index contributed by atoms with van der Waals surface area (Å²) < 4.78 is 1.93. The van der Waals surface area contributed by atoms with E-state index < -0.39 is 0 Å². The van der Waals surface area contributed by atoms with Crippen molar-refractivity contribution in [1.29, 1.82) is 0 Å². The highest BCUT2D eigenvalue weighted by Gasteiger charge is 2.42. The van der Waals surface area contributed by atoms with Gasteiger partial charge < -0.3 is 5.32 Å². The molecule has 0 amide bonds. The zero-order chi connectivity index (χ0) is 10.2. The quantitative estimate of drug-likeness (QED) is 0.788. The van der Waals surface area contributed by atoms with E-state index in [1.165, 1.54) is 18.5 Å². The van der Waals surface area contributed by atoms with Gasteiger partial charge in [-0.1, -0.05) is 6.92 Å². The van der Waals surface area contributed by atoms with Crippen molar-refractivity contribution >= 4 is 0 Å². The first kappa shape index (κ1) is 9.71. The van der Waals surface area contributed by atoms with Gasteiger partial charge in [0.2, 0.25) is 0 Å². The molecule has 0 radical (unpaired) electrons. The van der Waals surface area contributed by atoms with Gasteiger partial charge in [-0.05, 0) is 31.2 Å². The summed E-state index contributed by atoms with van der Waals surface area (Å²) in [5.74, 6) is 0. The maximum Gasteiger partial charge on any atom is 0.0518 e. The summed E-state index contributed by atoms with van der Waals surface area (Å²) in [6.45, 7) is 5.56. The highest BCUT2D eigenvalue weighted by atomic mass is 15.3. The third-order valence-corrected chi connectivity index (χ3v) is 3.60. The molecule has 1 aromatic rings.